The van der Waals surface area contributed by atoms with E-state index < -0.39 is 0 Å². The van der Waals surface area contributed by atoms with Crippen molar-refractivity contribution < 1.29 is 0 Å². The number of hydrogen-bond donors (Lipinski definition) is 0. The Morgan fingerprint density at radius 1 is 0.611 bits per heavy atom. The van der Waals surface area contributed by atoms with Crippen LogP contribution >= 0.6 is 11.3 Å². The number of hydrogen-bond acceptors (Lipinski definition) is 3. The molecule has 0 amide bonds. The van der Waals surface area contributed by atoms with E-state index in [1.165, 1.54) is 53.2 Å². The zero-order valence-electron chi connectivity index (χ0n) is 20.2. The number of thiophene rings is 1. The first kappa shape index (κ1) is 21.2. The minimum absolute atomic E-state index is 0.484. The molecule has 7 rings (SSSR count). The molecule has 3 heteroatoms. The molecule has 0 aliphatic heterocycles. The Balaban J connectivity index is 1.45. The summed E-state index contributed by atoms with van der Waals surface area (Å²) in [4.78, 5) is 9.49. The number of rotatable bonds is 3. The van der Waals surface area contributed by atoms with Crippen molar-refractivity contribution >= 4 is 53.2 Å². The summed E-state index contributed by atoms with van der Waals surface area (Å²) in [6.45, 7) is 4.54. The second-order valence-corrected chi connectivity index (χ2v) is 10.7. The molecule has 0 atom stereocenters. The van der Waals surface area contributed by atoms with E-state index in [9.17, 15) is 0 Å². The minimum atomic E-state index is 0.484. The highest BCUT2D eigenvalue weighted by Crippen LogP contribution is 2.43. The molecule has 2 nitrogen and oxygen atoms in total. The summed E-state index contributed by atoms with van der Waals surface area (Å²) in [6, 6.07) is 34.9. The Hall–Kier alpha value is -4.08. The average Bonchev–Trinajstić information content (AvgIpc) is 3.31. The second-order valence-electron chi connectivity index (χ2n) is 9.64. The Morgan fingerprint density at radius 3 is 2.22 bits per heavy atom. The molecule has 0 fully saturated rings. The maximum absolute atomic E-state index is 4.80. The first-order valence-electron chi connectivity index (χ1n) is 12.4. The predicted octanol–water partition coefficient (Wildman–Crippen LogP) is 9.61. The first-order valence-corrected chi connectivity index (χ1v) is 13.2. The van der Waals surface area contributed by atoms with Gasteiger partial charge in [0.25, 0.3) is 0 Å². The van der Waals surface area contributed by atoms with E-state index in [0.29, 0.717) is 5.92 Å². The van der Waals surface area contributed by atoms with E-state index in [1.807, 2.05) is 11.3 Å². The molecule has 0 N–H and O–H groups in total. The molecular formula is C33H24N2S. The van der Waals surface area contributed by atoms with Crippen molar-refractivity contribution in [1.82, 2.24) is 9.97 Å². The summed E-state index contributed by atoms with van der Waals surface area (Å²) in [7, 11) is 0. The molecule has 0 aliphatic carbocycles. The fraction of sp³-hybridized carbons (Fsp3) is 0.0909. The Kier molecular flexibility index (Phi) is 4.86. The topological polar surface area (TPSA) is 25.8 Å². The lowest BCUT2D eigenvalue weighted by Crippen LogP contribution is -1.90. The van der Waals surface area contributed by atoms with Gasteiger partial charge in [0.15, 0.2) is 0 Å². The van der Waals surface area contributed by atoms with Gasteiger partial charge in [-0.3, -0.25) is 0 Å². The van der Waals surface area contributed by atoms with Crippen LogP contribution in [0, 0.1) is 0 Å². The molecule has 0 spiro atoms. The van der Waals surface area contributed by atoms with Crippen LogP contribution in [0.15, 0.2) is 103 Å². The van der Waals surface area contributed by atoms with Crippen LogP contribution in [0.1, 0.15) is 25.3 Å². The van der Waals surface area contributed by atoms with Crippen LogP contribution in [-0.2, 0) is 0 Å². The van der Waals surface area contributed by atoms with Gasteiger partial charge in [0.05, 0.1) is 11.2 Å². The molecule has 0 saturated heterocycles. The van der Waals surface area contributed by atoms with Crippen molar-refractivity contribution in [2.45, 2.75) is 19.8 Å². The van der Waals surface area contributed by atoms with E-state index in [-0.39, 0.29) is 0 Å². The second kappa shape index (κ2) is 8.25. The lowest BCUT2D eigenvalue weighted by Gasteiger charge is -2.10. The first-order chi connectivity index (χ1) is 17.7. The number of aromatic nitrogens is 2. The third-order valence-corrected chi connectivity index (χ3v) is 8.47. The van der Waals surface area contributed by atoms with Crippen LogP contribution in [0.4, 0.5) is 0 Å². The van der Waals surface area contributed by atoms with E-state index in [4.69, 9.17) is 4.98 Å². The third kappa shape index (κ3) is 3.24. The number of nitrogens with zero attached hydrogens (tertiary/aromatic N) is 2. The Labute approximate surface area is 213 Å². The van der Waals surface area contributed by atoms with E-state index in [0.717, 1.165) is 16.6 Å². The fourth-order valence-electron chi connectivity index (χ4n) is 5.40. The molecule has 0 saturated carbocycles. The standard InChI is InChI=1S/C33H24N2S/c1-20(2)23-11-6-13-26-27-14-7-15-29(33(27)36-32(23)26)31-28-17-16-22(18-30(28)34-19-35-31)25-12-5-9-21-8-3-4-10-24(21)25/h3-20H,1-2H3. The van der Waals surface area contributed by atoms with Gasteiger partial charge < -0.3 is 0 Å². The van der Waals surface area contributed by atoms with E-state index >= 15 is 0 Å². The van der Waals surface area contributed by atoms with Crippen LogP contribution in [-0.4, -0.2) is 9.97 Å². The number of fused-ring (bicyclic) bond motifs is 5. The summed E-state index contributed by atoms with van der Waals surface area (Å²) < 4.78 is 2.67. The van der Waals surface area contributed by atoms with Crippen LogP contribution in [0.2, 0.25) is 0 Å². The molecule has 5 aromatic carbocycles. The smallest absolute Gasteiger partial charge is 0.116 e. The van der Waals surface area contributed by atoms with Gasteiger partial charge in [-0.25, -0.2) is 9.97 Å². The molecule has 2 aromatic heterocycles. The van der Waals surface area contributed by atoms with Crippen LogP contribution in [0.25, 0.3) is 64.2 Å². The summed E-state index contributed by atoms with van der Waals surface area (Å²) in [5.41, 5.74) is 6.94. The largest absolute Gasteiger partial charge is 0.236 e. The monoisotopic (exact) mass is 480 g/mol. The van der Waals surface area contributed by atoms with Gasteiger partial charge in [-0.1, -0.05) is 98.8 Å². The molecule has 172 valence electrons. The van der Waals surface area contributed by atoms with Gasteiger partial charge in [-0.05, 0) is 45.5 Å². The SMILES string of the molecule is CC(C)c1cccc2c1sc1c(-c3ncnc4cc(-c5cccc6ccccc56)ccc34)cccc12. The summed E-state index contributed by atoms with van der Waals surface area (Å²) in [5, 5.41) is 6.21. The van der Waals surface area contributed by atoms with Crippen molar-refractivity contribution in [3.05, 3.63) is 109 Å². The van der Waals surface area contributed by atoms with Gasteiger partial charge in [-0.15, -0.1) is 11.3 Å². The van der Waals surface area contributed by atoms with Crippen molar-refractivity contribution in [3.8, 4) is 22.4 Å². The van der Waals surface area contributed by atoms with Gasteiger partial charge in [0.1, 0.15) is 6.33 Å². The highest BCUT2D eigenvalue weighted by molar-refractivity contribution is 7.26. The predicted molar refractivity (Wildman–Crippen MR) is 155 cm³/mol. The quantitative estimate of drug-likeness (QED) is 0.252. The summed E-state index contributed by atoms with van der Waals surface area (Å²) >= 11 is 1.89. The Morgan fingerprint density at radius 2 is 1.33 bits per heavy atom. The van der Waals surface area contributed by atoms with Gasteiger partial charge >= 0.3 is 0 Å². The van der Waals surface area contributed by atoms with Crippen LogP contribution < -0.4 is 0 Å². The molecule has 2 heterocycles. The fourth-order valence-corrected chi connectivity index (χ4v) is 6.88. The lowest BCUT2D eigenvalue weighted by molar-refractivity contribution is 0.878. The van der Waals surface area contributed by atoms with Crippen molar-refractivity contribution in [2.24, 2.45) is 0 Å². The van der Waals surface area contributed by atoms with Crippen molar-refractivity contribution in [2.75, 3.05) is 0 Å². The molecule has 0 radical (unpaired) electrons. The molecular weight excluding hydrogens is 456 g/mol. The molecule has 36 heavy (non-hydrogen) atoms. The van der Waals surface area contributed by atoms with Crippen LogP contribution in [0.5, 0.6) is 0 Å². The maximum Gasteiger partial charge on any atom is 0.116 e. The lowest BCUT2D eigenvalue weighted by atomic mass is 9.96. The molecule has 0 unspecified atom stereocenters. The zero-order valence-corrected chi connectivity index (χ0v) is 21.0. The van der Waals surface area contributed by atoms with Gasteiger partial charge in [0.2, 0.25) is 0 Å². The summed E-state index contributed by atoms with van der Waals surface area (Å²) in [6.07, 6.45) is 1.70. The molecule has 0 bridgehead atoms. The third-order valence-electron chi connectivity index (χ3n) is 7.17. The minimum Gasteiger partial charge on any atom is -0.236 e. The Bertz CT molecular complexity index is 1920. The highest BCUT2D eigenvalue weighted by atomic mass is 32.1. The zero-order chi connectivity index (χ0) is 24.2. The highest BCUT2D eigenvalue weighted by Gasteiger charge is 2.16. The van der Waals surface area contributed by atoms with Gasteiger partial charge in [-0.2, -0.15) is 0 Å². The van der Waals surface area contributed by atoms with Gasteiger partial charge in [0, 0.05) is 31.1 Å². The summed E-state index contributed by atoms with van der Waals surface area (Å²) in [5.74, 6) is 0.484. The van der Waals surface area contributed by atoms with Crippen molar-refractivity contribution in [3.63, 3.8) is 0 Å². The average molecular weight is 481 g/mol. The van der Waals surface area contributed by atoms with E-state index in [1.54, 1.807) is 6.33 Å². The molecule has 7 aromatic rings. The van der Waals surface area contributed by atoms with Crippen LogP contribution in [0.3, 0.4) is 0 Å². The van der Waals surface area contributed by atoms with E-state index in [2.05, 4.69) is 116 Å². The maximum atomic E-state index is 4.80. The van der Waals surface area contributed by atoms with Crippen molar-refractivity contribution in [1.29, 1.82) is 0 Å². The normalized spacial score (nSPS) is 11.9. The number of benzene rings is 5. The molecule has 0 aliphatic rings.